The molecule has 0 aliphatic rings. The quantitative estimate of drug-likeness (QED) is 0.379. The van der Waals surface area contributed by atoms with Crippen LogP contribution in [0.3, 0.4) is 0 Å². The van der Waals surface area contributed by atoms with Crippen LogP contribution in [0.5, 0.6) is 5.75 Å². The molecule has 0 saturated heterocycles. The minimum atomic E-state index is -1.85. The molecule has 0 fully saturated rings. The summed E-state index contributed by atoms with van der Waals surface area (Å²) in [5, 5.41) is 13.0. The van der Waals surface area contributed by atoms with Crippen molar-refractivity contribution in [2.75, 3.05) is 6.23 Å². The Morgan fingerprint density at radius 1 is 1.12 bits per heavy atom. The monoisotopic (exact) mass is 345 g/mol. The maximum Gasteiger partial charge on any atom is 0.182 e. The molecular weight excluding hydrogens is 325 g/mol. The number of nitrogens with zero attached hydrogens (tertiary/aromatic N) is 1. The fourth-order valence-electron chi connectivity index (χ4n) is 2.29. The maximum absolute atomic E-state index is 13.0. The Kier molecular flexibility index (Phi) is 5.51. The SMILES string of the molecule is CC(=O)/C(=N\O)c1ccc(OC[Si](C)(C)c2ccc(F)cc2)cc1. The number of Topliss-reactive ketones (excluding diaryl/α,β-unsaturated/α-hetero) is 1. The highest BCUT2D eigenvalue weighted by Crippen LogP contribution is 2.15. The van der Waals surface area contributed by atoms with E-state index in [0.717, 1.165) is 5.19 Å². The minimum absolute atomic E-state index is 0.0163. The standard InChI is InChI=1S/C18H20FNO3Si/c1-13(21)18(20-22)14-4-8-16(9-5-14)23-12-24(2,3)17-10-6-15(19)7-11-17/h4-11,22H,12H2,1-3H3/b20-18+. The molecule has 0 spiro atoms. The number of carbonyl (C=O) groups excluding carboxylic acids is 1. The number of rotatable bonds is 6. The zero-order chi connectivity index (χ0) is 17.7. The van der Waals surface area contributed by atoms with E-state index in [2.05, 4.69) is 18.2 Å². The van der Waals surface area contributed by atoms with E-state index < -0.39 is 8.07 Å². The van der Waals surface area contributed by atoms with Gasteiger partial charge in [-0.05, 0) is 36.4 Å². The smallest absolute Gasteiger partial charge is 0.182 e. The van der Waals surface area contributed by atoms with Crippen LogP contribution in [0.1, 0.15) is 12.5 Å². The van der Waals surface area contributed by atoms with Crippen LogP contribution in [0.2, 0.25) is 13.1 Å². The van der Waals surface area contributed by atoms with E-state index in [4.69, 9.17) is 9.94 Å². The molecule has 4 nitrogen and oxygen atoms in total. The van der Waals surface area contributed by atoms with Gasteiger partial charge in [0.05, 0.1) is 6.23 Å². The third-order valence-corrected chi connectivity index (χ3v) is 6.55. The summed E-state index contributed by atoms with van der Waals surface area (Å²) in [6.45, 7) is 5.65. The van der Waals surface area contributed by atoms with Crippen LogP contribution in [-0.2, 0) is 4.79 Å². The molecule has 2 aromatic carbocycles. The van der Waals surface area contributed by atoms with E-state index in [-0.39, 0.29) is 17.3 Å². The number of ketones is 1. The van der Waals surface area contributed by atoms with Gasteiger partial charge in [-0.2, -0.15) is 0 Å². The van der Waals surface area contributed by atoms with Gasteiger partial charge in [0.2, 0.25) is 0 Å². The van der Waals surface area contributed by atoms with Crippen molar-refractivity contribution in [1.29, 1.82) is 0 Å². The van der Waals surface area contributed by atoms with Gasteiger partial charge in [0.25, 0.3) is 0 Å². The first-order chi connectivity index (χ1) is 11.3. The van der Waals surface area contributed by atoms with Gasteiger partial charge < -0.3 is 9.94 Å². The lowest BCUT2D eigenvalue weighted by atomic mass is 10.1. The van der Waals surface area contributed by atoms with Crippen molar-refractivity contribution < 1.29 is 19.1 Å². The van der Waals surface area contributed by atoms with Crippen LogP contribution in [0.4, 0.5) is 4.39 Å². The molecule has 2 rings (SSSR count). The average Bonchev–Trinajstić information content (AvgIpc) is 2.55. The first-order valence-electron chi connectivity index (χ1n) is 7.56. The molecule has 0 aliphatic heterocycles. The van der Waals surface area contributed by atoms with Crippen molar-refractivity contribution in [2.24, 2.45) is 5.16 Å². The second-order valence-corrected chi connectivity index (χ2v) is 10.8. The number of carbonyl (C=O) groups is 1. The van der Waals surface area contributed by atoms with Crippen molar-refractivity contribution >= 4 is 24.8 Å². The molecule has 0 aliphatic carbocycles. The van der Waals surface area contributed by atoms with Crippen molar-refractivity contribution in [3.05, 3.63) is 59.9 Å². The highest BCUT2D eigenvalue weighted by Gasteiger charge is 2.24. The lowest BCUT2D eigenvalue weighted by molar-refractivity contribution is -0.111. The Morgan fingerprint density at radius 2 is 1.71 bits per heavy atom. The highest BCUT2D eigenvalue weighted by atomic mass is 28.3. The van der Waals surface area contributed by atoms with E-state index >= 15 is 0 Å². The van der Waals surface area contributed by atoms with E-state index in [1.807, 2.05) is 12.1 Å². The number of oxime groups is 1. The minimum Gasteiger partial charge on any atom is -0.497 e. The first-order valence-corrected chi connectivity index (χ1v) is 10.8. The molecule has 0 amide bonds. The van der Waals surface area contributed by atoms with Crippen LogP contribution in [0.25, 0.3) is 0 Å². The molecule has 0 saturated carbocycles. The van der Waals surface area contributed by atoms with E-state index in [0.29, 0.717) is 17.5 Å². The molecule has 126 valence electrons. The van der Waals surface area contributed by atoms with Gasteiger partial charge in [0, 0.05) is 12.5 Å². The Labute approximate surface area is 141 Å². The van der Waals surface area contributed by atoms with Crippen molar-refractivity contribution in [3.8, 4) is 5.75 Å². The van der Waals surface area contributed by atoms with Gasteiger partial charge in [-0.15, -0.1) is 0 Å². The topological polar surface area (TPSA) is 58.9 Å². The number of ether oxygens (including phenoxy) is 1. The largest absolute Gasteiger partial charge is 0.497 e. The van der Waals surface area contributed by atoms with E-state index in [9.17, 15) is 9.18 Å². The van der Waals surface area contributed by atoms with Gasteiger partial charge >= 0.3 is 0 Å². The summed E-state index contributed by atoms with van der Waals surface area (Å²) in [7, 11) is -1.85. The number of hydrogen-bond acceptors (Lipinski definition) is 4. The molecule has 0 radical (unpaired) electrons. The lowest BCUT2D eigenvalue weighted by Crippen LogP contribution is -2.47. The Morgan fingerprint density at radius 3 is 2.21 bits per heavy atom. The number of hydrogen-bond donors (Lipinski definition) is 1. The zero-order valence-electron chi connectivity index (χ0n) is 13.9. The Hall–Kier alpha value is -2.47. The predicted octanol–water partition coefficient (Wildman–Crippen LogP) is 3.13. The van der Waals surface area contributed by atoms with Crippen molar-refractivity contribution in [2.45, 2.75) is 20.0 Å². The third-order valence-electron chi connectivity index (χ3n) is 3.79. The summed E-state index contributed by atoms with van der Waals surface area (Å²) >= 11 is 0. The van der Waals surface area contributed by atoms with Crippen LogP contribution in [0.15, 0.2) is 53.7 Å². The Bertz CT molecular complexity index is 740. The molecule has 2 aromatic rings. The van der Waals surface area contributed by atoms with Gasteiger partial charge in [-0.25, -0.2) is 4.39 Å². The van der Waals surface area contributed by atoms with Crippen molar-refractivity contribution in [3.63, 3.8) is 0 Å². The lowest BCUT2D eigenvalue weighted by Gasteiger charge is -2.23. The summed E-state index contributed by atoms with van der Waals surface area (Å²) in [6.07, 6.45) is 0.547. The molecule has 0 bridgehead atoms. The van der Waals surface area contributed by atoms with Crippen LogP contribution < -0.4 is 9.92 Å². The summed E-state index contributed by atoms with van der Waals surface area (Å²) in [5.41, 5.74) is 0.551. The molecule has 0 unspecified atom stereocenters. The van der Waals surface area contributed by atoms with E-state index in [1.165, 1.54) is 19.1 Å². The fraction of sp³-hybridized carbons (Fsp3) is 0.222. The van der Waals surface area contributed by atoms with Gasteiger partial charge in [0.15, 0.2) is 11.5 Å². The maximum atomic E-state index is 13.0. The Balaban J connectivity index is 2.06. The summed E-state index contributed by atoms with van der Waals surface area (Å²) in [5.74, 6) is 0.116. The van der Waals surface area contributed by atoms with Crippen LogP contribution in [0, 0.1) is 5.82 Å². The van der Waals surface area contributed by atoms with Crippen LogP contribution in [-0.4, -0.2) is 31.0 Å². The normalized spacial score (nSPS) is 12.1. The first kappa shape index (κ1) is 17.9. The number of halogens is 1. The number of benzene rings is 2. The van der Waals surface area contributed by atoms with Gasteiger partial charge in [-0.3, -0.25) is 4.79 Å². The second kappa shape index (κ2) is 7.40. The molecular formula is C18H20FNO3Si. The summed E-state index contributed by atoms with van der Waals surface area (Å²) < 4.78 is 18.9. The molecule has 24 heavy (non-hydrogen) atoms. The summed E-state index contributed by atoms with van der Waals surface area (Å²) in [6, 6.07) is 13.4. The molecule has 6 heteroatoms. The summed E-state index contributed by atoms with van der Waals surface area (Å²) in [4.78, 5) is 11.4. The third kappa shape index (κ3) is 4.29. The zero-order valence-corrected chi connectivity index (χ0v) is 14.9. The van der Waals surface area contributed by atoms with Crippen LogP contribution >= 0.6 is 0 Å². The second-order valence-electron chi connectivity index (χ2n) is 6.21. The highest BCUT2D eigenvalue weighted by molar-refractivity contribution is 6.89. The van der Waals surface area contributed by atoms with Gasteiger partial charge in [-0.1, -0.05) is 35.6 Å². The molecule has 0 aromatic heterocycles. The van der Waals surface area contributed by atoms with Crippen molar-refractivity contribution in [1.82, 2.24) is 0 Å². The molecule has 0 heterocycles. The molecule has 0 atom stereocenters. The average molecular weight is 345 g/mol. The fourth-order valence-corrected chi connectivity index (χ4v) is 4.05. The van der Waals surface area contributed by atoms with Gasteiger partial charge in [0.1, 0.15) is 19.6 Å². The van der Waals surface area contributed by atoms with E-state index in [1.54, 1.807) is 24.3 Å². The molecule has 1 N–H and O–H groups in total. The predicted molar refractivity (Wildman–Crippen MR) is 94.5 cm³/mol.